The van der Waals surface area contributed by atoms with Gasteiger partial charge in [0.25, 0.3) is 0 Å². The Balaban J connectivity index is 2.32. The number of benzene rings is 1. The van der Waals surface area contributed by atoms with Crippen LogP contribution in [0.15, 0.2) is 30.3 Å². The number of hydrogen-bond donors (Lipinski definition) is 2. The molecule has 8 heteroatoms. The molecule has 0 bridgehead atoms. The Morgan fingerprint density at radius 3 is 2.20 bits per heavy atom. The summed E-state index contributed by atoms with van der Waals surface area (Å²) in [6, 6.07) is 9.61. The van der Waals surface area contributed by atoms with Crippen molar-refractivity contribution in [2.24, 2.45) is 0 Å². The molecule has 0 aromatic heterocycles. The second-order valence-corrected chi connectivity index (χ2v) is 8.30. The van der Waals surface area contributed by atoms with Gasteiger partial charge in [-0.05, 0) is 25.5 Å². The first-order valence-corrected chi connectivity index (χ1v) is 9.57. The smallest absolute Gasteiger partial charge is 0.212 e. The van der Waals surface area contributed by atoms with Crippen LogP contribution in [0.2, 0.25) is 0 Å². The van der Waals surface area contributed by atoms with Gasteiger partial charge < -0.3 is 0 Å². The van der Waals surface area contributed by atoms with Gasteiger partial charge in [-0.15, -0.1) is 0 Å². The molecule has 0 saturated heterocycles. The van der Waals surface area contributed by atoms with E-state index in [-0.39, 0.29) is 18.1 Å². The number of nitrogens with one attached hydrogen (secondary N) is 2. The molecule has 0 amide bonds. The van der Waals surface area contributed by atoms with E-state index in [4.69, 9.17) is 0 Å². The van der Waals surface area contributed by atoms with Crippen LogP contribution in [-0.2, 0) is 26.5 Å². The minimum Gasteiger partial charge on any atom is -0.218 e. The summed E-state index contributed by atoms with van der Waals surface area (Å²) in [5.41, 5.74) is 1.08. The van der Waals surface area contributed by atoms with Crippen molar-refractivity contribution in [1.29, 1.82) is 0 Å². The zero-order valence-electron chi connectivity index (χ0n) is 11.4. The van der Waals surface area contributed by atoms with Gasteiger partial charge in [-0.25, -0.2) is 26.3 Å². The van der Waals surface area contributed by atoms with Gasteiger partial charge in [-0.2, -0.15) is 0 Å². The summed E-state index contributed by atoms with van der Waals surface area (Å²) in [5.74, 6) is -0.275. The highest BCUT2D eigenvalue weighted by molar-refractivity contribution is 7.90. The summed E-state index contributed by atoms with van der Waals surface area (Å²) in [6.45, 7) is -0.114. The van der Waals surface area contributed by atoms with Gasteiger partial charge >= 0.3 is 0 Å². The van der Waals surface area contributed by atoms with E-state index in [1.165, 1.54) is 7.05 Å². The van der Waals surface area contributed by atoms with E-state index in [1.54, 1.807) is 0 Å². The summed E-state index contributed by atoms with van der Waals surface area (Å²) < 4.78 is 50.0. The second-order valence-electron chi connectivity index (χ2n) is 4.33. The number of sulfonamides is 2. The van der Waals surface area contributed by atoms with Gasteiger partial charge in [-0.1, -0.05) is 30.3 Å². The highest BCUT2D eigenvalue weighted by atomic mass is 32.2. The van der Waals surface area contributed by atoms with Gasteiger partial charge in [0.15, 0.2) is 0 Å². The second kappa shape index (κ2) is 7.72. The molecule has 20 heavy (non-hydrogen) atoms. The summed E-state index contributed by atoms with van der Waals surface area (Å²) in [7, 11) is -5.51. The van der Waals surface area contributed by atoms with E-state index in [1.807, 2.05) is 30.3 Å². The summed E-state index contributed by atoms with van der Waals surface area (Å²) >= 11 is 0. The van der Waals surface area contributed by atoms with Crippen molar-refractivity contribution in [3.63, 3.8) is 0 Å². The Labute approximate surface area is 120 Å². The highest BCUT2D eigenvalue weighted by Crippen LogP contribution is 2.03. The molecule has 0 unspecified atom stereocenters. The molecule has 0 fully saturated rings. The van der Waals surface area contributed by atoms with Crippen LogP contribution in [0.25, 0.3) is 0 Å². The van der Waals surface area contributed by atoms with E-state index >= 15 is 0 Å². The van der Waals surface area contributed by atoms with Crippen molar-refractivity contribution in [3.05, 3.63) is 35.9 Å². The predicted octanol–water partition coefficient (Wildman–Crippen LogP) is 0.0878. The van der Waals surface area contributed by atoms with E-state index in [9.17, 15) is 16.8 Å². The quantitative estimate of drug-likeness (QED) is 0.674. The SMILES string of the molecule is CNS(=O)(=O)CCNS(=O)(=O)CCCc1ccccc1. The van der Waals surface area contributed by atoms with Crippen LogP contribution in [0.1, 0.15) is 12.0 Å². The van der Waals surface area contributed by atoms with Gasteiger partial charge in [0.1, 0.15) is 0 Å². The summed E-state index contributed by atoms with van der Waals surface area (Å²) in [6.07, 6.45) is 1.18. The van der Waals surface area contributed by atoms with Crippen molar-refractivity contribution in [3.8, 4) is 0 Å². The van der Waals surface area contributed by atoms with Gasteiger partial charge in [-0.3, -0.25) is 0 Å². The molecule has 1 aromatic rings. The average Bonchev–Trinajstić information content (AvgIpc) is 2.39. The van der Waals surface area contributed by atoms with Gasteiger partial charge in [0, 0.05) is 6.54 Å². The number of aryl methyl sites for hydroxylation is 1. The Morgan fingerprint density at radius 1 is 0.950 bits per heavy atom. The molecule has 0 atom stereocenters. The molecule has 0 heterocycles. The molecule has 114 valence electrons. The van der Waals surface area contributed by atoms with Crippen LogP contribution in [0, 0.1) is 0 Å². The van der Waals surface area contributed by atoms with Crippen LogP contribution in [-0.4, -0.2) is 41.9 Å². The fourth-order valence-electron chi connectivity index (χ4n) is 1.62. The van der Waals surface area contributed by atoms with Crippen molar-refractivity contribution in [2.45, 2.75) is 12.8 Å². The molecule has 2 N–H and O–H groups in total. The van der Waals surface area contributed by atoms with Crippen LogP contribution in [0.4, 0.5) is 0 Å². The molecule has 0 radical (unpaired) electrons. The lowest BCUT2D eigenvalue weighted by molar-refractivity contribution is 0.576. The summed E-state index contributed by atoms with van der Waals surface area (Å²) in [5, 5.41) is 0. The third-order valence-electron chi connectivity index (χ3n) is 2.73. The maximum atomic E-state index is 11.7. The van der Waals surface area contributed by atoms with Gasteiger partial charge in [0.05, 0.1) is 11.5 Å². The monoisotopic (exact) mass is 320 g/mol. The number of rotatable bonds is 9. The first-order valence-electron chi connectivity index (χ1n) is 6.27. The maximum Gasteiger partial charge on any atom is 0.212 e. The fourth-order valence-corrected chi connectivity index (χ4v) is 3.40. The molecular formula is C12H20N2O4S2. The van der Waals surface area contributed by atoms with Crippen LogP contribution >= 0.6 is 0 Å². The van der Waals surface area contributed by atoms with Crippen molar-refractivity contribution in [2.75, 3.05) is 25.1 Å². The average molecular weight is 320 g/mol. The van der Waals surface area contributed by atoms with Crippen LogP contribution in [0.3, 0.4) is 0 Å². The Hall–Kier alpha value is -0.960. The van der Waals surface area contributed by atoms with Crippen molar-refractivity contribution < 1.29 is 16.8 Å². The fraction of sp³-hybridized carbons (Fsp3) is 0.500. The topological polar surface area (TPSA) is 92.3 Å². The predicted molar refractivity (Wildman–Crippen MR) is 79.4 cm³/mol. The third kappa shape index (κ3) is 6.99. The lowest BCUT2D eigenvalue weighted by atomic mass is 10.1. The van der Waals surface area contributed by atoms with E-state index < -0.39 is 20.0 Å². The Bertz CT molecular complexity index is 598. The molecule has 0 aliphatic heterocycles. The molecule has 0 spiro atoms. The molecule has 1 rings (SSSR count). The largest absolute Gasteiger partial charge is 0.218 e. The molecule has 0 aliphatic rings. The lowest BCUT2D eigenvalue weighted by Crippen LogP contribution is -2.34. The zero-order valence-corrected chi connectivity index (χ0v) is 13.0. The van der Waals surface area contributed by atoms with Crippen molar-refractivity contribution >= 4 is 20.0 Å². The molecule has 0 saturated carbocycles. The maximum absolute atomic E-state index is 11.7. The van der Waals surface area contributed by atoms with Crippen LogP contribution in [0.5, 0.6) is 0 Å². The van der Waals surface area contributed by atoms with E-state index in [0.29, 0.717) is 12.8 Å². The first-order chi connectivity index (χ1) is 9.35. The molecular weight excluding hydrogens is 300 g/mol. The van der Waals surface area contributed by atoms with Crippen LogP contribution < -0.4 is 9.44 Å². The molecule has 0 aliphatic carbocycles. The minimum absolute atomic E-state index is 0.0124. The minimum atomic E-state index is -3.42. The van der Waals surface area contributed by atoms with Gasteiger partial charge in [0.2, 0.25) is 20.0 Å². The standard InChI is InChI=1S/C12H20N2O4S2/c1-13-19(15,16)11-9-14-20(17,18)10-5-8-12-6-3-2-4-7-12/h2-4,6-7,13-14H,5,8-11H2,1H3. The lowest BCUT2D eigenvalue weighted by Gasteiger charge is -2.07. The molecule has 6 nitrogen and oxygen atoms in total. The summed E-state index contributed by atoms with van der Waals surface area (Å²) in [4.78, 5) is 0. The van der Waals surface area contributed by atoms with Crippen molar-refractivity contribution in [1.82, 2.24) is 9.44 Å². The molecule has 1 aromatic carbocycles. The zero-order chi connectivity index (χ0) is 15.1. The van der Waals surface area contributed by atoms with E-state index in [2.05, 4.69) is 9.44 Å². The normalized spacial score (nSPS) is 12.4. The Kier molecular flexibility index (Phi) is 6.60. The highest BCUT2D eigenvalue weighted by Gasteiger charge is 2.12. The number of hydrogen-bond acceptors (Lipinski definition) is 4. The van der Waals surface area contributed by atoms with E-state index in [0.717, 1.165) is 5.56 Å². The Morgan fingerprint density at radius 2 is 1.60 bits per heavy atom. The first kappa shape index (κ1) is 17.1. The third-order valence-corrected chi connectivity index (χ3v) is 5.56.